The molecule has 0 radical (unpaired) electrons. The lowest BCUT2D eigenvalue weighted by Gasteiger charge is -2.18. The summed E-state index contributed by atoms with van der Waals surface area (Å²) >= 11 is 12.0. The van der Waals surface area contributed by atoms with E-state index in [4.69, 9.17) is 0 Å². The average Bonchev–Trinajstić information content (AvgIpc) is 2.71. The molecule has 2 rings (SSSR count). The molecule has 20 heavy (non-hydrogen) atoms. The van der Waals surface area contributed by atoms with Gasteiger partial charge >= 0.3 is 0 Å². The predicted molar refractivity (Wildman–Crippen MR) is 93.9 cm³/mol. The Balaban J connectivity index is 2.27. The number of nitrogens with one attached hydrogen (secondary N) is 1. The molecule has 1 aromatic carbocycles. The molecule has 0 aliphatic carbocycles. The lowest BCUT2D eigenvalue weighted by atomic mass is 10.0. The van der Waals surface area contributed by atoms with E-state index in [1.807, 2.05) is 12.1 Å². The van der Waals surface area contributed by atoms with E-state index in [1.54, 1.807) is 11.3 Å². The summed E-state index contributed by atoms with van der Waals surface area (Å²) in [6.07, 6.45) is 0.620. The molecule has 1 heterocycles. The molecule has 1 atom stereocenters. The highest BCUT2D eigenvalue weighted by atomic mass is 79.9. The first kappa shape index (κ1) is 16.6. The molecule has 1 nitrogen and oxygen atoms in total. The number of hydrogen-bond acceptors (Lipinski definition) is 2. The average molecular weight is 486 g/mol. The maximum Gasteiger partial charge on any atom is 0.127 e. The highest BCUT2D eigenvalue weighted by Gasteiger charge is 2.18. The monoisotopic (exact) mass is 483 g/mol. The minimum atomic E-state index is -0.173. The second-order valence-electron chi connectivity index (χ2n) is 4.33. The van der Waals surface area contributed by atoms with Gasteiger partial charge in [-0.25, -0.2) is 4.39 Å². The summed E-state index contributed by atoms with van der Waals surface area (Å²) in [7, 11) is 0. The summed E-state index contributed by atoms with van der Waals surface area (Å²) in [6, 6.07) is 7.39. The summed E-state index contributed by atoms with van der Waals surface area (Å²) in [5.41, 5.74) is 1.87. The number of halogens is 4. The number of thiophene rings is 1. The summed E-state index contributed by atoms with van der Waals surface area (Å²) < 4.78 is 16.9. The minimum Gasteiger partial charge on any atom is -0.310 e. The summed E-state index contributed by atoms with van der Waals surface area (Å²) in [5, 5.41) is 3.42. The second-order valence-corrected chi connectivity index (χ2v) is 8.99. The van der Waals surface area contributed by atoms with Crippen molar-refractivity contribution in [3.05, 3.63) is 53.3 Å². The fourth-order valence-corrected chi connectivity index (χ4v) is 5.34. The third kappa shape index (κ3) is 4.13. The van der Waals surface area contributed by atoms with Gasteiger partial charge in [0.05, 0.1) is 7.57 Å². The van der Waals surface area contributed by atoms with Crippen molar-refractivity contribution in [2.24, 2.45) is 0 Å². The molecule has 6 heteroatoms. The van der Waals surface area contributed by atoms with Gasteiger partial charge in [0.2, 0.25) is 0 Å². The smallest absolute Gasteiger partial charge is 0.127 e. The molecule has 0 saturated carbocycles. The molecule has 0 bridgehead atoms. The molecule has 1 aromatic heterocycles. The van der Waals surface area contributed by atoms with Crippen molar-refractivity contribution in [1.82, 2.24) is 5.32 Å². The summed E-state index contributed by atoms with van der Waals surface area (Å²) in [6.45, 7) is 2.89. The van der Waals surface area contributed by atoms with Gasteiger partial charge in [0, 0.05) is 10.5 Å². The van der Waals surface area contributed by atoms with Gasteiger partial charge in [0.25, 0.3) is 0 Å². The fourth-order valence-electron chi connectivity index (χ4n) is 2.04. The van der Waals surface area contributed by atoms with Crippen LogP contribution in [0, 0.1) is 5.82 Å². The number of hydrogen-bond donors (Lipinski definition) is 1. The third-order valence-corrected chi connectivity index (χ3v) is 5.83. The fraction of sp³-hybridized carbons (Fsp3) is 0.286. The molecule has 0 aliphatic rings. The summed E-state index contributed by atoms with van der Waals surface area (Å²) in [5.74, 6) is -0.173. The van der Waals surface area contributed by atoms with Gasteiger partial charge in [-0.1, -0.05) is 28.9 Å². The Hall–Kier alpha value is 0.250. The van der Waals surface area contributed by atoms with Crippen LogP contribution < -0.4 is 5.32 Å². The van der Waals surface area contributed by atoms with E-state index in [0.29, 0.717) is 12.0 Å². The first-order valence-corrected chi connectivity index (χ1v) is 9.32. The largest absolute Gasteiger partial charge is 0.310 e. The van der Waals surface area contributed by atoms with Crippen molar-refractivity contribution in [1.29, 1.82) is 0 Å². The second kappa shape index (κ2) is 7.49. The first-order chi connectivity index (χ1) is 9.51. The molecular weight excluding hydrogens is 473 g/mol. The highest BCUT2D eigenvalue weighted by molar-refractivity contribution is 9.12. The zero-order valence-electron chi connectivity index (χ0n) is 10.7. The van der Waals surface area contributed by atoms with Crippen LogP contribution in [0.25, 0.3) is 0 Å². The Morgan fingerprint density at radius 3 is 2.55 bits per heavy atom. The number of benzene rings is 1. The van der Waals surface area contributed by atoms with Crippen LogP contribution in [0.2, 0.25) is 0 Å². The summed E-state index contributed by atoms with van der Waals surface area (Å²) in [4.78, 5) is 0. The maximum atomic E-state index is 14.0. The van der Waals surface area contributed by atoms with E-state index in [2.05, 4.69) is 66.1 Å². The normalized spacial score (nSPS) is 12.7. The van der Waals surface area contributed by atoms with Gasteiger partial charge in [-0.05, 0) is 74.2 Å². The molecule has 0 amide bonds. The molecular formula is C14H13Br3FNS. The number of rotatable bonds is 5. The van der Waals surface area contributed by atoms with Crippen LogP contribution in [0.15, 0.2) is 36.3 Å². The van der Waals surface area contributed by atoms with Crippen LogP contribution in [0.4, 0.5) is 4.39 Å². The van der Waals surface area contributed by atoms with E-state index in [0.717, 1.165) is 24.2 Å². The quantitative estimate of drug-likeness (QED) is 0.542. The van der Waals surface area contributed by atoms with Gasteiger partial charge in [-0.15, -0.1) is 11.3 Å². The van der Waals surface area contributed by atoms with Gasteiger partial charge in [0.15, 0.2) is 0 Å². The standard InChI is InChI=1S/C14H13Br3FNS/c1-2-19-12(10-7-13(16)20-14(10)17)5-8-3-4-9(15)6-11(8)18/h3-4,6-7,12,19H,2,5H2,1H3. The predicted octanol–water partition coefficient (Wildman–Crippen LogP) is 6.07. The van der Waals surface area contributed by atoms with Crippen LogP contribution in [0.3, 0.4) is 0 Å². The minimum absolute atomic E-state index is 0.0904. The van der Waals surface area contributed by atoms with Gasteiger partial charge in [-0.2, -0.15) is 0 Å². The molecule has 0 spiro atoms. The maximum absolute atomic E-state index is 14.0. The topological polar surface area (TPSA) is 12.0 Å². The van der Waals surface area contributed by atoms with Crippen molar-refractivity contribution in [2.75, 3.05) is 6.54 Å². The van der Waals surface area contributed by atoms with E-state index in [9.17, 15) is 4.39 Å². The van der Waals surface area contributed by atoms with Crippen molar-refractivity contribution in [3.8, 4) is 0 Å². The van der Waals surface area contributed by atoms with Crippen LogP contribution in [0.5, 0.6) is 0 Å². The van der Waals surface area contributed by atoms with E-state index in [-0.39, 0.29) is 11.9 Å². The van der Waals surface area contributed by atoms with E-state index < -0.39 is 0 Å². The molecule has 1 N–H and O–H groups in total. The van der Waals surface area contributed by atoms with Crippen LogP contribution in [-0.2, 0) is 6.42 Å². The third-order valence-electron chi connectivity index (χ3n) is 2.95. The first-order valence-electron chi connectivity index (χ1n) is 6.13. The molecule has 0 fully saturated rings. The highest BCUT2D eigenvalue weighted by Crippen LogP contribution is 2.37. The Morgan fingerprint density at radius 1 is 1.25 bits per heavy atom. The molecule has 0 aliphatic heterocycles. The van der Waals surface area contributed by atoms with E-state index in [1.165, 1.54) is 6.07 Å². The Morgan fingerprint density at radius 2 is 2.00 bits per heavy atom. The van der Waals surface area contributed by atoms with Crippen LogP contribution >= 0.6 is 59.1 Å². The van der Waals surface area contributed by atoms with Gasteiger partial charge in [-0.3, -0.25) is 0 Å². The van der Waals surface area contributed by atoms with Crippen LogP contribution in [0.1, 0.15) is 24.1 Å². The lowest BCUT2D eigenvalue weighted by Crippen LogP contribution is -2.23. The van der Waals surface area contributed by atoms with Crippen LogP contribution in [-0.4, -0.2) is 6.54 Å². The Kier molecular flexibility index (Phi) is 6.23. The zero-order valence-corrected chi connectivity index (χ0v) is 16.3. The van der Waals surface area contributed by atoms with Crippen molar-refractivity contribution in [3.63, 3.8) is 0 Å². The SMILES string of the molecule is CCNC(Cc1ccc(Br)cc1F)c1cc(Br)sc1Br. The molecule has 1 unspecified atom stereocenters. The molecule has 0 saturated heterocycles. The molecule has 108 valence electrons. The van der Waals surface area contributed by atoms with Crippen molar-refractivity contribution in [2.45, 2.75) is 19.4 Å². The van der Waals surface area contributed by atoms with Gasteiger partial charge < -0.3 is 5.32 Å². The zero-order chi connectivity index (χ0) is 14.7. The van der Waals surface area contributed by atoms with Crippen molar-refractivity contribution >= 4 is 59.1 Å². The Bertz CT molecular complexity index is 600. The molecule has 2 aromatic rings. The van der Waals surface area contributed by atoms with Gasteiger partial charge in [0.1, 0.15) is 5.82 Å². The van der Waals surface area contributed by atoms with E-state index >= 15 is 0 Å². The lowest BCUT2D eigenvalue weighted by molar-refractivity contribution is 0.527. The number of likely N-dealkylation sites (N-methyl/N-ethyl adjacent to an activating group) is 1. The Labute approximate surface area is 147 Å². The van der Waals surface area contributed by atoms with Crippen molar-refractivity contribution < 1.29 is 4.39 Å².